The highest BCUT2D eigenvalue weighted by Gasteiger charge is 2.30. The number of aryl methyl sites for hydroxylation is 1. The Bertz CT molecular complexity index is 1010. The zero-order valence-corrected chi connectivity index (χ0v) is 15.3. The molecule has 1 atom stereocenters. The highest BCUT2D eigenvalue weighted by atomic mass is 16.4. The van der Waals surface area contributed by atoms with Crippen molar-refractivity contribution in [3.05, 3.63) is 48.0 Å². The van der Waals surface area contributed by atoms with Crippen LogP contribution in [0, 0.1) is 0 Å². The van der Waals surface area contributed by atoms with Crippen LogP contribution in [0.3, 0.4) is 0 Å². The lowest BCUT2D eigenvalue weighted by Crippen LogP contribution is -2.38. The molecule has 4 heterocycles. The summed E-state index contributed by atoms with van der Waals surface area (Å²) >= 11 is 0. The van der Waals surface area contributed by atoms with Gasteiger partial charge in [-0.25, -0.2) is 9.48 Å². The van der Waals surface area contributed by atoms with Crippen molar-refractivity contribution in [2.75, 3.05) is 6.54 Å². The lowest BCUT2D eigenvalue weighted by atomic mass is 10.2. The summed E-state index contributed by atoms with van der Waals surface area (Å²) in [5, 5.41) is 21.3. The van der Waals surface area contributed by atoms with E-state index in [-0.39, 0.29) is 17.5 Å². The van der Waals surface area contributed by atoms with E-state index in [0.29, 0.717) is 30.0 Å². The second kappa shape index (κ2) is 7.22. The zero-order chi connectivity index (χ0) is 19.7. The molecule has 28 heavy (non-hydrogen) atoms. The molecule has 1 amide bonds. The molecule has 0 aliphatic carbocycles. The lowest BCUT2D eigenvalue weighted by molar-refractivity contribution is 0.0693. The number of hydrogen-bond donors (Lipinski definition) is 1. The standard InChI is InChI=1S/C18H19N7O3/c1-23-9-13(8-20-23)17(26)25-6-2-3-14(25)10-24-11-16(21-22-24)15-5-4-12(7-19-15)18(27)28/h4-5,7-9,11,14H,2-3,6,10H2,1H3,(H,27,28). The van der Waals surface area contributed by atoms with E-state index in [1.807, 2.05) is 4.90 Å². The van der Waals surface area contributed by atoms with E-state index in [4.69, 9.17) is 5.11 Å². The topological polar surface area (TPSA) is 119 Å². The Morgan fingerprint density at radius 2 is 2.04 bits per heavy atom. The Morgan fingerprint density at radius 1 is 1.18 bits per heavy atom. The van der Waals surface area contributed by atoms with Gasteiger partial charge in [0.2, 0.25) is 0 Å². The molecular weight excluding hydrogens is 362 g/mol. The van der Waals surface area contributed by atoms with E-state index in [1.54, 1.807) is 41.1 Å². The zero-order valence-electron chi connectivity index (χ0n) is 15.3. The summed E-state index contributed by atoms with van der Waals surface area (Å²) in [5.41, 5.74) is 1.80. The van der Waals surface area contributed by atoms with Gasteiger partial charge in [-0.05, 0) is 25.0 Å². The minimum Gasteiger partial charge on any atom is -0.478 e. The van der Waals surface area contributed by atoms with Crippen LogP contribution in [0.5, 0.6) is 0 Å². The van der Waals surface area contributed by atoms with Crippen molar-refractivity contribution in [3.63, 3.8) is 0 Å². The Labute approximate surface area is 160 Å². The number of carboxylic acids is 1. The molecule has 1 saturated heterocycles. The second-order valence-electron chi connectivity index (χ2n) is 6.76. The van der Waals surface area contributed by atoms with Gasteiger partial charge in [-0.15, -0.1) is 5.10 Å². The molecule has 0 bridgehead atoms. The Morgan fingerprint density at radius 3 is 2.71 bits per heavy atom. The minimum atomic E-state index is -1.03. The molecule has 0 saturated carbocycles. The maximum Gasteiger partial charge on any atom is 0.337 e. The first-order valence-corrected chi connectivity index (χ1v) is 8.91. The Kier molecular flexibility index (Phi) is 4.60. The fourth-order valence-corrected chi connectivity index (χ4v) is 3.38. The number of rotatable bonds is 5. The summed E-state index contributed by atoms with van der Waals surface area (Å²) in [5.74, 6) is -1.05. The second-order valence-corrected chi connectivity index (χ2v) is 6.76. The van der Waals surface area contributed by atoms with Gasteiger partial charge < -0.3 is 10.0 Å². The number of aromatic nitrogens is 6. The van der Waals surface area contributed by atoms with Crippen molar-refractivity contribution in [1.82, 2.24) is 34.7 Å². The van der Waals surface area contributed by atoms with Gasteiger partial charge in [-0.3, -0.25) is 14.5 Å². The average Bonchev–Trinajstić information content (AvgIpc) is 3.43. The van der Waals surface area contributed by atoms with Crippen LogP contribution in [0.15, 0.2) is 36.9 Å². The Hall–Kier alpha value is -3.56. The predicted molar refractivity (Wildman–Crippen MR) is 97.5 cm³/mol. The van der Waals surface area contributed by atoms with Crippen molar-refractivity contribution in [2.24, 2.45) is 7.05 Å². The number of aromatic carboxylic acids is 1. The van der Waals surface area contributed by atoms with Gasteiger partial charge in [0.05, 0.1) is 41.8 Å². The Balaban J connectivity index is 1.47. The van der Waals surface area contributed by atoms with Gasteiger partial charge in [0.25, 0.3) is 5.91 Å². The van der Waals surface area contributed by atoms with Crippen LogP contribution in [0.1, 0.15) is 33.6 Å². The first-order valence-electron chi connectivity index (χ1n) is 8.91. The number of carbonyl (C=O) groups is 2. The number of carbonyl (C=O) groups excluding carboxylic acids is 1. The average molecular weight is 381 g/mol. The van der Waals surface area contributed by atoms with E-state index >= 15 is 0 Å². The van der Waals surface area contributed by atoms with E-state index in [1.165, 1.54) is 12.3 Å². The number of amides is 1. The number of pyridine rings is 1. The van der Waals surface area contributed by atoms with E-state index in [9.17, 15) is 9.59 Å². The van der Waals surface area contributed by atoms with Gasteiger partial charge in [-0.1, -0.05) is 5.21 Å². The molecule has 0 spiro atoms. The molecule has 10 heteroatoms. The number of hydrogen-bond acceptors (Lipinski definition) is 6. The summed E-state index contributed by atoms with van der Waals surface area (Å²) in [6.45, 7) is 1.24. The third-order valence-corrected chi connectivity index (χ3v) is 4.80. The lowest BCUT2D eigenvalue weighted by Gasteiger charge is -2.23. The van der Waals surface area contributed by atoms with Gasteiger partial charge >= 0.3 is 5.97 Å². The SMILES string of the molecule is Cn1cc(C(=O)N2CCCC2Cn2cc(-c3ccc(C(=O)O)cn3)nn2)cn1. The van der Waals surface area contributed by atoms with Crippen molar-refractivity contribution in [2.45, 2.75) is 25.4 Å². The van der Waals surface area contributed by atoms with Gasteiger partial charge in [0.1, 0.15) is 5.69 Å². The van der Waals surface area contributed by atoms with Crippen molar-refractivity contribution in [3.8, 4) is 11.4 Å². The van der Waals surface area contributed by atoms with Crippen molar-refractivity contribution in [1.29, 1.82) is 0 Å². The predicted octanol–water partition coefficient (Wildman–Crippen LogP) is 1.08. The van der Waals surface area contributed by atoms with Gasteiger partial charge in [0, 0.05) is 26.0 Å². The molecule has 1 fully saturated rings. The molecule has 10 nitrogen and oxygen atoms in total. The fourth-order valence-electron chi connectivity index (χ4n) is 3.38. The smallest absolute Gasteiger partial charge is 0.337 e. The molecule has 0 radical (unpaired) electrons. The minimum absolute atomic E-state index is 0.0261. The quantitative estimate of drug-likeness (QED) is 0.702. The maximum absolute atomic E-state index is 12.7. The molecule has 1 unspecified atom stereocenters. The number of nitrogens with zero attached hydrogens (tertiary/aromatic N) is 7. The molecule has 3 aromatic heterocycles. The third-order valence-electron chi connectivity index (χ3n) is 4.80. The van der Waals surface area contributed by atoms with Crippen LogP contribution in [-0.2, 0) is 13.6 Å². The highest BCUT2D eigenvalue weighted by Crippen LogP contribution is 2.22. The number of likely N-dealkylation sites (tertiary alicyclic amines) is 1. The largest absolute Gasteiger partial charge is 0.478 e. The van der Waals surface area contributed by atoms with Gasteiger partial charge in [-0.2, -0.15) is 5.10 Å². The van der Waals surface area contributed by atoms with Crippen LogP contribution in [0.4, 0.5) is 0 Å². The van der Waals surface area contributed by atoms with Crippen LogP contribution >= 0.6 is 0 Å². The summed E-state index contributed by atoms with van der Waals surface area (Å²) in [6.07, 6.45) is 8.19. The summed E-state index contributed by atoms with van der Waals surface area (Å²) in [6, 6.07) is 3.12. The number of carboxylic acid groups (broad SMARTS) is 1. The van der Waals surface area contributed by atoms with E-state index < -0.39 is 5.97 Å². The van der Waals surface area contributed by atoms with Crippen molar-refractivity contribution < 1.29 is 14.7 Å². The molecular formula is C18H19N7O3. The molecule has 4 rings (SSSR count). The highest BCUT2D eigenvalue weighted by molar-refractivity contribution is 5.94. The summed E-state index contributed by atoms with van der Waals surface area (Å²) in [7, 11) is 1.78. The summed E-state index contributed by atoms with van der Waals surface area (Å²) in [4.78, 5) is 29.7. The normalized spacial score (nSPS) is 16.5. The molecule has 3 aromatic rings. The molecule has 0 aromatic carbocycles. The van der Waals surface area contributed by atoms with E-state index in [2.05, 4.69) is 20.4 Å². The summed E-state index contributed by atoms with van der Waals surface area (Å²) < 4.78 is 3.31. The maximum atomic E-state index is 12.7. The molecule has 1 aliphatic rings. The van der Waals surface area contributed by atoms with Crippen LogP contribution in [0.25, 0.3) is 11.4 Å². The van der Waals surface area contributed by atoms with Crippen LogP contribution in [0.2, 0.25) is 0 Å². The first-order chi connectivity index (χ1) is 13.5. The van der Waals surface area contributed by atoms with Crippen LogP contribution in [-0.4, -0.2) is 64.2 Å². The van der Waals surface area contributed by atoms with Gasteiger partial charge in [0.15, 0.2) is 0 Å². The molecule has 144 valence electrons. The fraction of sp³-hybridized carbons (Fsp3) is 0.333. The molecule has 1 N–H and O–H groups in total. The third kappa shape index (κ3) is 3.48. The monoisotopic (exact) mass is 381 g/mol. The first kappa shape index (κ1) is 17.8. The van der Waals surface area contributed by atoms with Crippen LogP contribution < -0.4 is 0 Å². The van der Waals surface area contributed by atoms with Crippen molar-refractivity contribution >= 4 is 11.9 Å². The molecule has 1 aliphatic heterocycles. The van der Waals surface area contributed by atoms with E-state index in [0.717, 1.165) is 12.8 Å².